The van der Waals surface area contributed by atoms with E-state index in [2.05, 4.69) is 122 Å². The molecule has 0 saturated heterocycles. The zero-order valence-electron chi connectivity index (χ0n) is 27.3. The minimum absolute atomic E-state index is 0.307. The minimum Gasteiger partial charge on any atom is -0.294 e. The quantitative estimate of drug-likeness (QED) is 0.176. The third-order valence-electron chi connectivity index (χ3n) is 10.3. The fourth-order valence-electron chi connectivity index (χ4n) is 8.00. The summed E-state index contributed by atoms with van der Waals surface area (Å²) in [7, 11) is -3.78. The molecular weight excluding hydrogens is 633 g/mol. The van der Waals surface area contributed by atoms with Gasteiger partial charge in [-0.2, -0.15) is 0 Å². The van der Waals surface area contributed by atoms with Gasteiger partial charge >= 0.3 is 0 Å². The first-order valence-electron chi connectivity index (χ1n) is 16.9. The number of imidazole rings is 1. The highest BCUT2D eigenvalue weighted by Gasteiger charge is 2.33. The first-order valence-corrected chi connectivity index (χ1v) is 18.4. The van der Waals surface area contributed by atoms with E-state index in [1.807, 2.05) is 28.8 Å². The number of para-hydroxylation sites is 1. The summed E-state index contributed by atoms with van der Waals surface area (Å²) >= 11 is 0. The molecule has 50 heavy (non-hydrogen) atoms. The third kappa shape index (κ3) is 4.10. The normalized spacial score (nSPS) is 13.3. The summed E-state index contributed by atoms with van der Waals surface area (Å²) < 4.78 is 30.5. The van der Waals surface area contributed by atoms with E-state index in [1.54, 1.807) is 12.1 Å². The van der Waals surface area contributed by atoms with E-state index in [0.29, 0.717) is 32.9 Å². The largest absolute Gasteiger partial charge is 0.294 e. The molecule has 10 rings (SSSR count). The van der Waals surface area contributed by atoms with Crippen molar-refractivity contribution in [3.8, 4) is 39.1 Å². The van der Waals surface area contributed by atoms with E-state index < -0.39 is 9.84 Å². The minimum atomic E-state index is -3.78. The number of hydrogen-bond acceptors (Lipinski definition) is 3. The van der Waals surface area contributed by atoms with Gasteiger partial charge in [0, 0.05) is 6.42 Å². The molecular formula is C45H30N2O2S. The molecule has 5 heteroatoms. The van der Waals surface area contributed by atoms with Crippen LogP contribution in [0.1, 0.15) is 12.7 Å². The maximum atomic E-state index is 14.2. The van der Waals surface area contributed by atoms with Crippen LogP contribution in [0.15, 0.2) is 161 Å². The molecule has 8 aromatic carbocycles. The molecule has 0 bridgehead atoms. The average Bonchev–Trinajstić information content (AvgIpc) is 3.55. The van der Waals surface area contributed by atoms with Crippen molar-refractivity contribution in [3.63, 3.8) is 0 Å². The highest BCUT2D eigenvalue weighted by atomic mass is 32.2. The summed E-state index contributed by atoms with van der Waals surface area (Å²) in [6, 6.07) is 52.2. The molecule has 0 fully saturated rings. The van der Waals surface area contributed by atoms with Crippen LogP contribution in [0.25, 0.3) is 82.4 Å². The van der Waals surface area contributed by atoms with E-state index in [0.717, 1.165) is 44.4 Å². The smallest absolute Gasteiger partial charge is 0.210 e. The highest BCUT2D eigenvalue weighted by molar-refractivity contribution is 7.92. The van der Waals surface area contributed by atoms with Crippen LogP contribution in [-0.2, 0) is 16.3 Å². The monoisotopic (exact) mass is 662 g/mol. The van der Waals surface area contributed by atoms with Crippen molar-refractivity contribution in [1.82, 2.24) is 9.55 Å². The molecule has 0 atom stereocenters. The molecule has 0 spiro atoms. The van der Waals surface area contributed by atoms with Crippen molar-refractivity contribution in [3.05, 3.63) is 157 Å². The molecule has 0 N–H and O–H groups in total. The van der Waals surface area contributed by atoms with E-state index >= 15 is 0 Å². The Bertz CT molecular complexity index is 2980. The summed E-state index contributed by atoms with van der Waals surface area (Å²) in [6.45, 7) is 2.05. The molecule has 238 valence electrons. The number of benzene rings is 8. The van der Waals surface area contributed by atoms with Crippen LogP contribution < -0.4 is 0 Å². The van der Waals surface area contributed by atoms with Crippen molar-refractivity contribution >= 4 is 53.2 Å². The lowest BCUT2D eigenvalue weighted by Crippen LogP contribution is -2.16. The molecule has 2 heterocycles. The van der Waals surface area contributed by atoms with Crippen LogP contribution in [0.5, 0.6) is 0 Å². The van der Waals surface area contributed by atoms with Gasteiger partial charge in [-0.1, -0.05) is 122 Å². The fraction of sp³-hybridized carbons (Fsp3) is 0.0444. The number of aromatic nitrogens is 2. The Morgan fingerprint density at radius 3 is 1.98 bits per heavy atom. The number of fused-ring (bicyclic) bond motifs is 5. The molecule has 0 saturated carbocycles. The Kier molecular flexibility index (Phi) is 6.21. The summed E-state index contributed by atoms with van der Waals surface area (Å²) in [6.07, 6.45) is 0.690. The molecule has 0 radical (unpaired) electrons. The molecule has 1 aromatic heterocycles. The third-order valence-corrected chi connectivity index (χ3v) is 12.1. The highest BCUT2D eigenvalue weighted by Crippen LogP contribution is 2.46. The second-order valence-corrected chi connectivity index (χ2v) is 14.9. The van der Waals surface area contributed by atoms with Gasteiger partial charge in [-0.15, -0.1) is 0 Å². The Morgan fingerprint density at radius 2 is 1.18 bits per heavy atom. The molecule has 9 aromatic rings. The van der Waals surface area contributed by atoms with E-state index in [9.17, 15) is 8.42 Å². The summed E-state index contributed by atoms with van der Waals surface area (Å²) in [4.78, 5) is 5.41. The second kappa shape index (κ2) is 10.7. The van der Waals surface area contributed by atoms with Crippen LogP contribution in [0.4, 0.5) is 0 Å². The van der Waals surface area contributed by atoms with Gasteiger partial charge in [-0.25, -0.2) is 13.4 Å². The van der Waals surface area contributed by atoms with Crippen molar-refractivity contribution < 1.29 is 8.42 Å². The van der Waals surface area contributed by atoms with E-state index in [1.165, 1.54) is 27.1 Å². The Morgan fingerprint density at radius 1 is 0.520 bits per heavy atom. The molecule has 1 aliphatic rings. The average molecular weight is 663 g/mol. The maximum Gasteiger partial charge on any atom is 0.210 e. The van der Waals surface area contributed by atoms with Gasteiger partial charge in [0.1, 0.15) is 5.82 Å². The lowest BCUT2D eigenvalue weighted by Gasteiger charge is -2.22. The maximum absolute atomic E-state index is 14.2. The van der Waals surface area contributed by atoms with E-state index in [-0.39, 0.29) is 0 Å². The van der Waals surface area contributed by atoms with Crippen LogP contribution in [0.2, 0.25) is 0 Å². The Hall–Kier alpha value is -6.04. The van der Waals surface area contributed by atoms with Gasteiger partial charge in [0.25, 0.3) is 0 Å². The van der Waals surface area contributed by atoms with Gasteiger partial charge < -0.3 is 0 Å². The number of sulfone groups is 1. The SMILES string of the molecule is CCc1nc2cccc3c2n1-c1ccc(-c2ccc4c(-c5ccccc5)c5ccccc5c(-c5ccc6ccccc6c5)c4c2)cc1S3(=O)=O. The number of aryl methyl sites for hydroxylation is 1. The number of rotatable bonds is 4. The van der Waals surface area contributed by atoms with Crippen molar-refractivity contribution in [1.29, 1.82) is 0 Å². The summed E-state index contributed by atoms with van der Waals surface area (Å²) in [5.74, 6) is 0.849. The molecule has 0 aliphatic carbocycles. The van der Waals surface area contributed by atoms with Gasteiger partial charge in [0.05, 0.1) is 26.5 Å². The van der Waals surface area contributed by atoms with Crippen LogP contribution in [0.3, 0.4) is 0 Å². The Labute approximate surface area is 289 Å². The predicted molar refractivity (Wildman–Crippen MR) is 205 cm³/mol. The number of hydrogen-bond donors (Lipinski definition) is 0. The zero-order chi connectivity index (χ0) is 33.6. The fourth-order valence-corrected chi connectivity index (χ4v) is 9.66. The first-order chi connectivity index (χ1) is 24.5. The van der Waals surface area contributed by atoms with Gasteiger partial charge in [-0.3, -0.25) is 4.57 Å². The predicted octanol–water partition coefficient (Wildman–Crippen LogP) is 11.2. The van der Waals surface area contributed by atoms with Crippen molar-refractivity contribution in [2.24, 2.45) is 0 Å². The summed E-state index contributed by atoms with van der Waals surface area (Å²) in [5, 5.41) is 7.02. The van der Waals surface area contributed by atoms with Crippen LogP contribution in [0, 0.1) is 0 Å². The molecule has 4 nitrogen and oxygen atoms in total. The summed E-state index contributed by atoms with van der Waals surface area (Å²) in [5.41, 5.74) is 8.47. The van der Waals surface area contributed by atoms with Crippen molar-refractivity contribution in [2.75, 3.05) is 0 Å². The topological polar surface area (TPSA) is 52.0 Å². The van der Waals surface area contributed by atoms with Crippen LogP contribution >= 0.6 is 0 Å². The Balaban J connectivity index is 1.27. The zero-order valence-corrected chi connectivity index (χ0v) is 28.1. The van der Waals surface area contributed by atoms with Gasteiger partial charge in [-0.05, 0) is 102 Å². The van der Waals surface area contributed by atoms with Gasteiger partial charge in [0.2, 0.25) is 9.84 Å². The molecule has 0 amide bonds. The van der Waals surface area contributed by atoms with E-state index in [4.69, 9.17) is 4.98 Å². The lowest BCUT2D eigenvalue weighted by molar-refractivity contribution is 0.594. The van der Waals surface area contributed by atoms with Gasteiger partial charge in [0.15, 0.2) is 0 Å². The second-order valence-electron chi connectivity index (χ2n) is 13.0. The first kappa shape index (κ1) is 28.9. The van der Waals surface area contributed by atoms with Crippen molar-refractivity contribution in [2.45, 2.75) is 23.1 Å². The molecule has 0 unspecified atom stereocenters. The molecule has 1 aliphatic heterocycles. The standard InChI is InChI=1S/C45H30N2O2S/c1-2-42-46-38-17-10-18-40-45(38)47(42)39-24-22-32(27-41(39)50(40,48)49)31-21-23-36-37(26-31)44(33-20-19-28-11-6-7-14-30(28)25-33)35-16-9-8-15-34(35)43(36)29-12-4-3-5-13-29/h3-27H,2H2,1H3. The van der Waals surface area contributed by atoms with Crippen LogP contribution in [-0.4, -0.2) is 18.0 Å². The lowest BCUT2D eigenvalue weighted by atomic mass is 9.84. The number of nitrogens with zero attached hydrogens (tertiary/aromatic N) is 2.